The monoisotopic (exact) mass is 293 g/mol. The fraction of sp³-hybridized carbons (Fsp3) is 0.400. The highest BCUT2D eigenvalue weighted by atomic mass is 16.4. The number of benzene rings is 1. The van der Waals surface area contributed by atoms with Gasteiger partial charge in [-0.1, -0.05) is 17.7 Å². The molecule has 1 atom stereocenters. The van der Waals surface area contributed by atoms with Crippen LogP contribution in [0.5, 0.6) is 0 Å². The van der Waals surface area contributed by atoms with Crippen LogP contribution in [0, 0.1) is 13.8 Å². The molecule has 1 aromatic rings. The number of hydrogen-bond acceptors (Lipinski definition) is 3. The SMILES string of the molecule is Cc1ccc(C(=O)N[C@H](CCCC(=O)O)C(=O)O)c(C)c1. The molecule has 0 aromatic heterocycles. The molecule has 0 bridgehead atoms. The predicted octanol–water partition coefficient (Wildman–Crippen LogP) is 1.74. The predicted molar refractivity (Wildman–Crippen MR) is 76.3 cm³/mol. The Morgan fingerprint density at radius 1 is 1.19 bits per heavy atom. The molecule has 0 radical (unpaired) electrons. The Kier molecular flexibility index (Phi) is 5.90. The van der Waals surface area contributed by atoms with Gasteiger partial charge in [-0.05, 0) is 38.3 Å². The first-order chi connectivity index (χ1) is 9.81. The van der Waals surface area contributed by atoms with Crippen molar-refractivity contribution >= 4 is 17.8 Å². The van der Waals surface area contributed by atoms with E-state index >= 15 is 0 Å². The topological polar surface area (TPSA) is 104 Å². The van der Waals surface area contributed by atoms with E-state index in [1.807, 2.05) is 13.0 Å². The van der Waals surface area contributed by atoms with Crippen LogP contribution in [0.25, 0.3) is 0 Å². The fourth-order valence-corrected chi connectivity index (χ4v) is 2.02. The van der Waals surface area contributed by atoms with Crippen molar-refractivity contribution in [3.63, 3.8) is 0 Å². The van der Waals surface area contributed by atoms with Gasteiger partial charge in [-0.15, -0.1) is 0 Å². The Labute approximate surface area is 122 Å². The van der Waals surface area contributed by atoms with Gasteiger partial charge >= 0.3 is 11.9 Å². The van der Waals surface area contributed by atoms with Crippen LogP contribution in [-0.4, -0.2) is 34.1 Å². The van der Waals surface area contributed by atoms with Gasteiger partial charge in [0.25, 0.3) is 5.91 Å². The average molecular weight is 293 g/mol. The molecule has 0 fully saturated rings. The second kappa shape index (κ2) is 7.42. The molecule has 0 saturated heterocycles. The molecule has 6 heteroatoms. The minimum Gasteiger partial charge on any atom is -0.481 e. The van der Waals surface area contributed by atoms with Crippen LogP contribution >= 0.6 is 0 Å². The van der Waals surface area contributed by atoms with Crippen molar-refractivity contribution in [2.75, 3.05) is 0 Å². The van der Waals surface area contributed by atoms with Crippen molar-refractivity contribution in [1.82, 2.24) is 5.32 Å². The zero-order valence-electron chi connectivity index (χ0n) is 12.0. The molecule has 3 N–H and O–H groups in total. The summed E-state index contributed by atoms with van der Waals surface area (Å²) in [7, 11) is 0. The number of carboxylic acids is 2. The number of aryl methyl sites for hydroxylation is 2. The van der Waals surface area contributed by atoms with Gasteiger partial charge in [-0.25, -0.2) is 4.79 Å². The first-order valence-corrected chi connectivity index (χ1v) is 6.64. The van der Waals surface area contributed by atoms with E-state index in [0.717, 1.165) is 11.1 Å². The van der Waals surface area contributed by atoms with Crippen molar-refractivity contribution in [3.8, 4) is 0 Å². The van der Waals surface area contributed by atoms with Gasteiger partial charge in [0, 0.05) is 12.0 Å². The summed E-state index contributed by atoms with van der Waals surface area (Å²) in [6, 6.07) is 4.19. The van der Waals surface area contributed by atoms with E-state index in [1.54, 1.807) is 19.1 Å². The van der Waals surface area contributed by atoms with Crippen molar-refractivity contribution < 1.29 is 24.6 Å². The molecule has 6 nitrogen and oxygen atoms in total. The Morgan fingerprint density at radius 3 is 2.38 bits per heavy atom. The van der Waals surface area contributed by atoms with E-state index in [1.165, 1.54) is 0 Å². The van der Waals surface area contributed by atoms with Gasteiger partial charge in [0.1, 0.15) is 6.04 Å². The molecule has 0 heterocycles. The minimum absolute atomic E-state index is 0.0816. The van der Waals surface area contributed by atoms with Crippen LogP contribution in [0.2, 0.25) is 0 Å². The highest BCUT2D eigenvalue weighted by molar-refractivity contribution is 5.97. The molecule has 1 rings (SSSR count). The standard InChI is InChI=1S/C15H19NO5/c1-9-6-7-11(10(2)8-9)14(19)16-12(15(20)21)4-3-5-13(17)18/h6-8,12H,3-5H2,1-2H3,(H,16,19)(H,17,18)(H,20,21)/t12-/m1/s1. The Hall–Kier alpha value is -2.37. The lowest BCUT2D eigenvalue weighted by atomic mass is 10.0. The maximum absolute atomic E-state index is 12.1. The molecular weight excluding hydrogens is 274 g/mol. The first kappa shape index (κ1) is 16.7. The maximum Gasteiger partial charge on any atom is 0.326 e. The quantitative estimate of drug-likeness (QED) is 0.710. The van der Waals surface area contributed by atoms with E-state index in [2.05, 4.69) is 5.32 Å². The molecule has 0 aliphatic heterocycles. The second-order valence-corrected chi connectivity index (χ2v) is 4.97. The molecule has 0 spiro atoms. The first-order valence-electron chi connectivity index (χ1n) is 6.64. The number of rotatable bonds is 7. The third kappa shape index (κ3) is 5.25. The van der Waals surface area contributed by atoms with E-state index in [4.69, 9.17) is 10.2 Å². The van der Waals surface area contributed by atoms with E-state index in [9.17, 15) is 14.4 Å². The van der Waals surface area contributed by atoms with Crippen LogP contribution in [0.4, 0.5) is 0 Å². The average Bonchev–Trinajstić information content (AvgIpc) is 2.36. The number of carboxylic acid groups (broad SMARTS) is 2. The largest absolute Gasteiger partial charge is 0.481 e. The van der Waals surface area contributed by atoms with Crippen LogP contribution in [-0.2, 0) is 9.59 Å². The summed E-state index contributed by atoms with van der Waals surface area (Å²) in [4.78, 5) is 33.7. The van der Waals surface area contributed by atoms with Crippen LogP contribution in [0.1, 0.15) is 40.7 Å². The molecule has 1 amide bonds. The Balaban J connectivity index is 2.72. The lowest BCUT2D eigenvalue weighted by Crippen LogP contribution is -2.41. The maximum atomic E-state index is 12.1. The third-order valence-electron chi connectivity index (χ3n) is 3.11. The summed E-state index contributed by atoms with van der Waals surface area (Å²) in [5.74, 6) is -2.62. The van der Waals surface area contributed by atoms with Gasteiger partial charge in [-0.3, -0.25) is 9.59 Å². The summed E-state index contributed by atoms with van der Waals surface area (Å²) in [6.07, 6.45) is 0.154. The highest BCUT2D eigenvalue weighted by Gasteiger charge is 2.21. The summed E-state index contributed by atoms with van der Waals surface area (Å²) in [6.45, 7) is 3.68. The van der Waals surface area contributed by atoms with Crippen LogP contribution in [0.3, 0.4) is 0 Å². The molecule has 0 unspecified atom stereocenters. The molecule has 1 aromatic carbocycles. The van der Waals surface area contributed by atoms with Gasteiger partial charge in [-0.2, -0.15) is 0 Å². The van der Waals surface area contributed by atoms with Crippen molar-refractivity contribution in [3.05, 3.63) is 34.9 Å². The molecule has 0 aliphatic rings. The fourth-order valence-electron chi connectivity index (χ4n) is 2.02. The lowest BCUT2D eigenvalue weighted by Gasteiger charge is -2.15. The molecule has 0 saturated carbocycles. The zero-order chi connectivity index (χ0) is 16.0. The Morgan fingerprint density at radius 2 is 1.86 bits per heavy atom. The number of hydrogen-bond donors (Lipinski definition) is 3. The van der Waals surface area contributed by atoms with Gasteiger partial charge < -0.3 is 15.5 Å². The molecule has 114 valence electrons. The number of carbonyl (C=O) groups excluding carboxylic acids is 1. The number of amides is 1. The van der Waals surface area contributed by atoms with Crippen molar-refractivity contribution in [2.24, 2.45) is 0 Å². The smallest absolute Gasteiger partial charge is 0.326 e. The number of aliphatic carboxylic acids is 2. The van der Waals surface area contributed by atoms with Crippen LogP contribution in [0.15, 0.2) is 18.2 Å². The molecule has 0 aliphatic carbocycles. The summed E-state index contributed by atoms with van der Waals surface area (Å²) < 4.78 is 0. The summed E-state index contributed by atoms with van der Waals surface area (Å²) in [5, 5.41) is 20.1. The van der Waals surface area contributed by atoms with E-state index < -0.39 is 23.9 Å². The van der Waals surface area contributed by atoms with Gasteiger partial charge in [0.2, 0.25) is 0 Å². The van der Waals surface area contributed by atoms with E-state index in [0.29, 0.717) is 5.56 Å². The van der Waals surface area contributed by atoms with Crippen molar-refractivity contribution in [2.45, 2.75) is 39.2 Å². The Bertz CT molecular complexity index is 553. The minimum atomic E-state index is -1.17. The van der Waals surface area contributed by atoms with Gasteiger partial charge in [0.15, 0.2) is 0 Å². The second-order valence-electron chi connectivity index (χ2n) is 4.97. The highest BCUT2D eigenvalue weighted by Crippen LogP contribution is 2.11. The summed E-state index contributed by atoms with van der Waals surface area (Å²) >= 11 is 0. The molecular formula is C15H19NO5. The molecule has 21 heavy (non-hydrogen) atoms. The van der Waals surface area contributed by atoms with Crippen LogP contribution < -0.4 is 5.32 Å². The zero-order valence-corrected chi connectivity index (χ0v) is 12.0. The van der Waals surface area contributed by atoms with Gasteiger partial charge in [0.05, 0.1) is 0 Å². The van der Waals surface area contributed by atoms with Crippen molar-refractivity contribution in [1.29, 1.82) is 0 Å². The third-order valence-corrected chi connectivity index (χ3v) is 3.11. The number of carbonyl (C=O) groups is 3. The lowest BCUT2D eigenvalue weighted by molar-refractivity contribution is -0.140. The summed E-state index contributed by atoms with van der Waals surface area (Å²) in [5.41, 5.74) is 2.20. The normalized spacial score (nSPS) is 11.7. The van der Waals surface area contributed by atoms with E-state index in [-0.39, 0.29) is 19.3 Å². The number of nitrogens with one attached hydrogen (secondary N) is 1.